The lowest BCUT2D eigenvalue weighted by Gasteiger charge is -2.38. The summed E-state index contributed by atoms with van der Waals surface area (Å²) in [5, 5.41) is 7.71. The molecule has 0 amide bonds. The molecule has 23 heavy (non-hydrogen) atoms. The van der Waals surface area contributed by atoms with Crippen molar-refractivity contribution in [1.29, 1.82) is 0 Å². The van der Waals surface area contributed by atoms with E-state index in [1.165, 1.54) is 5.56 Å². The Labute approximate surface area is 144 Å². The summed E-state index contributed by atoms with van der Waals surface area (Å²) in [7, 11) is 1.81. The van der Waals surface area contributed by atoms with Crippen LogP contribution in [0.1, 0.15) is 38.7 Å². The lowest BCUT2D eigenvalue weighted by Crippen LogP contribution is -2.49. The normalized spacial score (nSPS) is 19.2. The lowest BCUT2D eigenvalue weighted by atomic mass is 9.74. The molecule has 2 rings (SSSR count). The van der Waals surface area contributed by atoms with Gasteiger partial charge in [0.1, 0.15) is 0 Å². The Morgan fingerprint density at radius 2 is 2.13 bits per heavy atom. The average molecular weight is 338 g/mol. The summed E-state index contributed by atoms with van der Waals surface area (Å²) in [4.78, 5) is 4.34. The molecule has 5 heteroatoms. The fourth-order valence-corrected chi connectivity index (χ4v) is 3.12. The number of rotatable bonds is 5. The van der Waals surface area contributed by atoms with Crippen LogP contribution >= 0.6 is 11.6 Å². The standard InChI is InChI=1S/C18H28ClN3O/c1-4-14(2)22-17(20-3)21-13-18(8-10-23-11-9-18)15-6-5-7-16(19)12-15/h5-7,12,14H,4,8-11,13H2,1-3H3,(H2,20,21,22). The van der Waals surface area contributed by atoms with Gasteiger partial charge in [0.05, 0.1) is 0 Å². The van der Waals surface area contributed by atoms with Crippen LogP contribution in [0.15, 0.2) is 29.3 Å². The van der Waals surface area contributed by atoms with Crippen molar-refractivity contribution in [2.75, 3.05) is 26.8 Å². The van der Waals surface area contributed by atoms with Crippen LogP contribution in [-0.4, -0.2) is 38.8 Å². The molecular weight excluding hydrogens is 310 g/mol. The van der Waals surface area contributed by atoms with Gasteiger partial charge in [0.15, 0.2) is 5.96 Å². The van der Waals surface area contributed by atoms with Crippen molar-refractivity contribution in [3.05, 3.63) is 34.9 Å². The number of guanidine groups is 1. The van der Waals surface area contributed by atoms with Crippen LogP contribution in [0, 0.1) is 0 Å². The fourth-order valence-electron chi connectivity index (χ4n) is 2.93. The molecule has 0 spiro atoms. The summed E-state index contributed by atoms with van der Waals surface area (Å²) < 4.78 is 5.58. The van der Waals surface area contributed by atoms with Crippen LogP contribution in [0.25, 0.3) is 0 Å². The highest BCUT2D eigenvalue weighted by atomic mass is 35.5. The summed E-state index contributed by atoms with van der Waals surface area (Å²) in [5.74, 6) is 0.854. The van der Waals surface area contributed by atoms with E-state index in [4.69, 9.17) is 16.3 Å². The quantitative estimate of drug-likeness (QED) is 0.639. The molecule has 2 N–H and O–H groups in total. The van der Waals surface area contributed by atoms with Crippen LogP contribution in [0.5, 0.6) is 0 Å². The fraction of sp³-hybridized carbons (Fsp3) is 0.611. The number of hydrogen-bond acceptors (Lipinski definition) is 2. The molecular formula is C18H28ClN3O. The Morgan fingerprint density at radius 1 is 1.39 bits per heavy atom. The van der Waals surface area contributed by atoms with E-state index in [1.807, 2.05) is 19.2 Å². The number of nitrogens with zero attached hydrogens (tertiary/aromatic N) is 1. The van der Waals surface area contributed by atoms with Gasteiger partial charge in [0.25, 0.3) is 0 Å². The first-order valence-electron chi connectivity index (χ1n) is 8.40. The topological polar surface area (TPSA) is 45.7 Å². The highest BCUT2D eigenvalue weighted by Crippen LogP contribution is 2.35. The highest BCUT2D eigenvalue weighted by molar-refractivity contribution is 6.30. The summed E-state index contributed by atoms with van der Waals surface area (Å²) in [6.45, 7) is 6.72. The molecule has 0 radical (unpaired) electrons. The van der Waals surface area contributed by atoms with Gasteiger partial charge in [-0.2, -0.15) is 0 Å². The van der Waals surface area contributed by atoms with Gasteiger partial charge in [-0.1, -0.05) is 30.7 Å². The molecule has 128 valence electrons. The first kappa shape index (κ1) is 18.1. The molecule has 0 saturated carbocycles. The SMILES string of the molecule is CCC(C)NC(=NC)NCC1(c2cccc(Cl)c2)CCOCC1. The molecule has 1 aromatic carbocycles. The first-order chi connectivity index (χ1) is 11.1. The minimum atomic E-state index is 0.0379. The van der Waals surface area contributed by atoms with Gasteiger partial charge < -0.3 is 15.4 Å². The Bertz CT molecular complexity index is 527. The van der Waals surface area contributed by atoms with Crippen molar-refractivity contribution >= 4 is 17.6 Å². The minimum absolute atomic E-state index is 0.0379. The van der Waals surface area contributed by atoms with Crippen molar-refractivity contribution in [3.8, 4) is 0 Å². The van der Waals surface area contributed by atoms with E-state index < -0.39 is 0 Å². The molecule has 1 atom stereocenters. The van der Waals surface area contributed by atoms with Gasteiger partial charge >= 0.3 is 0 Å². The van der Waals surface area contributed by atoms with E-state index in [-0.39, 0.29) is 5.41 Å². The molecule has 0 bridgehead atoms. The van der Waals surface area contributed by atoms with E-state index in [2.05, 4.69) is 41.6 Å². The summed E-state index contributed by atoms with van der Waals surface area (Å²) >= 11 is 6.22. The van der Waals surface area contributed by atoms with E-state index in [1.54, 1.807) is 0 Å². The zero-order chi connectivity index (χ0) is 16.7. The molecule has 1 aliphatic heterocycles. The molecule has 1 aromatic rings. The van der Waals surface area contributed by atoms with Crippen LogP contribution < -0.4 is 10.6 Å². The van der Waals surface area contributed by atoms with Gasteiger partial charge in [-0.15, -0.1) is 0 Å². The number of halogens is 1. The zero-order valence-electron chi connectivity index (χ0n) is 14.4. The molecule has 0 aliphatic carbocycles. The first-order valence-corrected chi connectivity index (χ1v) is 8.78. The number of nitrogens with one attached hydrogen (secondary N) is 2. The van der Waals surface area contributed by atoms with Crippen molar-refractivity contribution in [2.45, 2.75) is 44.6 Å². The van der Waals surface area contributed by atoms with Crippen LogP contribution in [0.2, 0.25) is 5.02 Å². The maximum Gasteiger partial charge on any atom is 0.191 e. The molecule has 1 fully saturated rings. The third-order valence-electron chi connectivity index (χ3n) is 4.70. The third-order valence-corrected chi connectivity index (χ3v) is 4.94. The molecule has 1 heterocycles. The van der Waals surface area contributed by atoms with Crippen molar-refractivity contribution < 1.29 is 4.74 Å². The van der Waals surface area contributed by atoms with Crippen molar-refractivity contribution in [3.63, 3.8) is 0 Å². The van der Waals surface area contributed by atoms with Gasteiger partial charge in [-0.25, -0.2) is 0 Å². The smallest absolute Gasteiger partial charge is 0.191 e. The van der Waals surface area contributed by atoms with E-state index >= 15 is 0 Å². The second-order valence-electron chi connectivity index (χ2n) is 6.28. The van der Waals surface area contributed by atoms with Crippen LogP contribution in [0.4, 0.5) is 0 Å². The number of benzene rings is 1. The van der Waals surface area contributed by atoms with E-state index in [9.17, 15) is 0 Å². The van der Waals surface area contributed by atoms with Gasteiger partial charge in [0.2, 0.25) is 0 Å². The Balaban J connectivity index is 2.13. The maximum absolute atomic E-state index is 6.22. The molecule has 1 aliphatic rings. The molecule has 0 aromatic heterocycles. The molecule has 1 unspecified atom stereocenters. The van der Waals surface area contributed by atoms with Crippen LogP contribution in [0.3, 0.4) is 0 Å². The van der Waals surface area contributed by atoms with Gasteiger partial charge in [0, 0.05) is 43.3 Å². The van der Waals surface area contributed by atoms with Crippen molar-refractivity contribution in [2.24, 2.45) is 4.99 Å². The minimum Gasteiger partial charge on any atom is -0.381 e. The molecule has 4 nitrogen and oxygen atoms in total. The largest absolute Gasteiger partial charge is 0.381 e. The lowest BCUT2D eigenvalue weighted by molar-refractivity contribution is 0.0513. The van der Waals surface area contributed by atoms with Crippen molar-refractivity contribution in [1.82, 2.24) is 10.6 Å². The summed E-state index contributed by atoms with van der Waals surface area (Å²) in [5.41, 5.74) is 1.32. The van der Waals surface area contributed by atoms with Gasteiger partial charge in [-0.3, -0.25) is 4.99 Å². The monoisotopic (exact) mass is 337 g/mol. The maximum atomic E-state index is 6.22. The summed E-state index contributed by atoms with van der Waals surface area (Å²) in [6.07, 6.45) is 3.04. The number of hydrogen-bond donors (Lipinski definition) is 2. The van der Waals surface area contributed by atoms with E-state index in [0.717, 1.165) is 50.0 Å². The Kier molecular flexibility index (Phi) is 6.72. The van der Waals surface area contributed by atoms with Crippen LogP contribution in [-0.2, 0) is 10.2 Å². The number of ether oxygens (including phenoxy) is 1. The third kappa shape index (κ3) is 4.85. The Morgan fingerprint density at radius 3 is 2.74 bits per heavy atom. The highest BCUT2D eigenvalue weighted by Gasteiger charge is 2.34. The number of aliphatic imine (C=N–C) groups is 1. The van der Waals surface area contributed by atoms with E-state index in [0.29, 0.717) is 6.04 Å². The second-order valence-corrected chi connectivity index (χ2v) is 6.72. The second kappa shape index (κ2) is 8.55. The predicted molar refractivity (Wildman–Crippen MR) is 97.4 cm³/mol. The van der Waals surface area contributed by atoms with Gasteiger partial charge in [-0.05, 0) is 43.9 Å². The average Bonchev–Trinajstić information content (AvgIpc) is 2.59. The zero-order valence-corrected chi connectivity index (χ0v) is 15.1. The predicted octanol–water partition coefficient (Wildman–Crippen LogP) is 3.35. The molecule has 1 saturated heterocycles. The Hall–Kier alpha value is -1.26. The summed E-state index contributed by atoms with van der Waals surface area (Å²) in [6, 6.07) is 8.61.